The molecule has 0 aliphatic carbocycles. The summed E-state index contributed by atoms with van der Waals surface area (Å²) in [5.74, 6) is -2.95. The highest BCUT2D eigenvalue weighted by molar-refractivity contribution is 7.89. The maximum absolute atomic E-state index is 13.7. The zero-order chi connectivity index (χ0) is 39.3. The van der Waals surface area contributed by atoms with Gasteiger partial charge in [0.1, 0.15) is 28.6 Å². The van der Waals surface area contributed by atoms with Crippen LogP contribution in [0.5, 0.6) is 17.2 Å². The quantitative estimate of drug-likeness (QED) is 0.255. The number of nitrogens with zero attached hydrogens (tertiary/aromatic N) is 2. The van der Waals surface area contributed by atoms with E-state index in [1.165, 1.54) is 23.5 Å². The van der Waals surface area contributed by atoms with Gasteiger partial charge < -0.3 is 29.6 Å². The third-order valence-corrected chi connectivity index (χ3v) is 12.6. The van der Waals surface area contributed by atoms with Gasteiger partial charge in [-0.2, -0.15) is 0 Å². The van der Waals surface area contributed by atoms with Gasteiger partial charge in [0.25, 0.3) is 5.56 Å². The number of sulfonamides is 1. The van der Waals surface area contributed by atoms with Crippen LogP contribution < -0.4 is 15.6 Å². The molecule has 3 aromatic rings. The average Bonchev–Trinajstić information content (AvgIpc) is 3.14. The van der Waals surface area contributed by atoms with Gasteiger partial charge in [0.15, 0.2) is 0 Å². The fourth-order valence-electron chi connectivity index (χ4n) is 8.03. The predicted octanol–water partition coefficient (Wildman–Crippen LogP) is 4.84. The van der Waals surface area contributed by atoms with Gasteiger partial charge in [-0.25, -0.2) is 17.5 Å². The summed E-state index contributed by atoms with van der Waals surface area (Å²) >= 11 is 0. The maximum Gasteiger partial charge on any atom is 0.342 e. The zero-order valence-corrected chi connectivity index (χ0v) is 32.1. The number of allylic oxidation sites excluding steroid dienone is 1. The largest absolute Gasteiger partial charge is 0.507 e. The number of carbonyl (C=O) groups is 3. The molecule has 55 heavy (non-hydrogen) atoms. The fourth-order valence-corrected chi connectivity index (χ4v) is 9.49. The van der Waals surface area contributed by atoms with Crippen LogP contribution in [0.25, 0.3) is 6.08 Å². The summed E-state index contributed by atoms with van der Waals surface area (Å²) in [6.45, 7) is 2.54. The number of Topliss-reactive ketones (excluding diaryl/α,β-unsaturated/α-hetero) is 1. The number of aromatic hydroxyl groups is 2. The SMILES string of the molecule is COc1ccc(C(CC(=O)NCCS(=O)(=O)N2C[C@H]3C[C@@H](C2)c2cccc(=O)n2C3)c2c(O)cc3c(c2O)C(=O)O[C@@H](C)CCCC(=O)CCCC=C3)cc1. The van der Waals surface area contributed by atoms with Crippen molar-refractivity contribution in [1.29, 1.82) is 0 Å². The molecule has 1 amide bonds. The molecule has 2 aromatic carbocycles. The van der Waals surface area contributed by atoms with Gasteiger partial charge in [0.05, 0.1) is 19.0 Å². The summed E-state index contributed by atoms with van der Waals surface area (Å²) in [5.41, 5.74) is 1.27. The molecule has 6 rings (SSSR count). The van der Waals surface area contributed by atoms with Crippen LogP contribution in [0.2, 0.25) is 0 Å². The Kier molecular flexibility index (Phi) is 12.5. The Bertz CT molecular complexity index is 2110. The number of esters is 1. The highest BCUT2D eigenvalue weighted by Gasteiger charge is 2.39. The van der Waals surface area contributed by atoms with E-state index in [1.54, 1.807) is 54.0 Å². The number of ether oxygens (including phenoxy) is 2. The van der Waals surface area contributed by atoms with Crippen molar-refractivity contribution in [3.05, 3.63) is 92.9 Å². The summed E-state index contributed by atoms with van der Waals surface area (Å²) < 4.78 is 41.3. The number of cyclic esters (lactones) is 1. The standard InChI is InChI=1S/C41H49N3O10S/c1-26-8-6-11-31(45)10-5-3-4-9-29-21-35(46)39(40(49)38(29)41(50)54-26)33(28-14-16-32(53-2)17-15-28)22-36(47)42-18-19-55(51,52)43-23-27-20-30(25-43)34-12-7-13-37(48)44(34)24-27/h4,7,9,12-17,21,26-27,30,33,46,49H,3,5-6,8,10-11,18-20,22-25H2,1-2H3,(H,42,47)/t26-,27+,30-,33?/m0/s1. The Labute approximate surface area is 321 Å². The van der Waals surface area contributed by atoms with Crippen molar-refractivity contribution in [2.45, 2.75) is 82.8 Å². The van der Waals surface area contributed by atoms with Gasteiger partial charge in [0.2, 0.25) is 15.9 Å². The Balaban J connectivity index is 1.22. The molecule has 4 heterocycles. The number of aromatic nitrogens is 1. The molecular formula is C41H49N3O10S. The van der Waals surface area contributed by atoms with Crippen molar-refractivity contribution in [2.24, 2.45) is 5.92 Å². The van der Waals surface area contributed by atoms with Gasteiger partial charge >= 0.3 is 5.97 Å². The van der Waals surface area contributed by atoms with E-state index in [-0.39, 0.29) is 70.9 Å². The number of carbonyl (C=O) groups excluding carboxylic acids is 3. The topological polar surface area (TPSA) is 182 Å². The van der Waals surface area contributed by atoms with Crippen LogP contribution in [-0.2, 0) is 30.9 Å². The van der Waals surface area contributed by atoms with Gasteiger partial charge in [0, 0.05) is 74.6 Å². The number of phenols is 2. The second-order valence-electron chi connectivity index (χ2n) is 14.8. The third-order valence-electron chi connectivity index (χ3n) is 10.8. The van der Waals surface area contributed by atoms with E-state index in [4.69, 9.17) is 9.47 Å². The number of pyridine rings is 1. The predicted molar refractivity (Wildman–Crippen MR) is 206 cm³/mol. The molecule has 3 aliphatic heterocycles. The van der Waals surface area contributed by atoms with Crippen molar-refractivity contribution in [2.75, 3.05) is 32.5 Å². The molecule has 1 fully saturated rings. The number of fused-ring (bicyclic) bond motifs is 5. The molecule has 294 valence electrons. The van der Waals surface area contributed by atoms with Gasteiger partial charge in [-0.3, -0.25) is 14.4 Å². The Hall–Kier alpha value is -4.95. The Morgan fingerprint density at radius 1 is 1.04 bits per heavy atom. The van der Waals surface area contributed by atoms with Gasteiger partial charge in [-0.15, -0.1) is 0 Å². The number of ketones is 1. The first-order valence-corrected chi connectivity index (χ1v) is 20.5. The highest BCUT2D eigenvalue weighted by Crippen LogP contribution is 2.44. The summed E-state index contributed by atoms with van der Waals surface area (Å²) in [5, 5.41) is 26.0. The number of methoxy groups -OCH3 is 1. The molecule has 13 nitrogen and oxygen atoms in total. The number of phenolic OH excluding ortho intramolecular Hbond substituents is 2. The molecule has 3 N–H and O–H groups in total. The second-order valence-corrected chi connectivity index (χ2v) is 16.9. The third kappa shape index (κ3) is 9.30. The average molecular weight is 776 g/mol. The number of benzene rings is 2. The molecule has 4 atom stereocenters. The molecular weight excluding hydrogens is 727 g/mol. The van der Waals surface area contributed by atoms with Crippen LogP contribution in [-0.4, -0.2) is 83.8 Å². The number of nitrogens with one attached hydrogen (secondary N) is 1. The Morgan fingerprint density at radius 3 is 2.56 bits per heavy atom. The fraction of sp³-hybridized carbons (Fsp3) is 0.463. The smallest absolute Gasteiger partial charge is 0.342 e. The van der Waals surface area contributed by atoms with Gasteiger partial charge in [-0.05, 0) is 80.3 Å². The Morgan fingerprint density at radius 2 is 1.80 bits per heavy atom. The van der Waals surface area contributed by atoms with Crippen LogP contribution in [0.3, 0.4) is 0 Å². The van der Waals surface area contributed by atoms with Crippen LogP contribution in [0.15, 0.2) is 59.4 Å². The summed E-state index contributed by atoms with van der Waals surface area (Å²) in [6.07, 6.45) is 6.29. The van der Waals surface area contributed by atoms with Gasteiger partial charge in [-0.1, -0.05) is 30.4 Å². The van der Waals surface area contributed by atoms with Crippen molar-refractivity contribution < 1.29 is 42.5 Å². The number of amides is 1. The first-order chi connectivity index (χ1) is 26.3. The van der Waals surface area contributed by atoms with E-state index in [0.717, 1.165) is 12.1 Å². The molecule has 1 aromatic heterocycles. The van der Waals surface area contributed by atoms with E-state index >= 15 is 0 Å². The molecule has 14 heteroatoms. The number of rotatable bonds is 9. The molecule has 1 saturated heterocycles. The lowest BCUT2D eigenvalue weighted by atomic mass is 9.84. The molecule has 0 saturated carbocycles. The van der Waals surface area contributed by atoms with Crippen molar-refractivity contribution in [3.8, 4) is 17.2 Å². The van der Waals surface area contributed by atoms with Crippen molar-refractivity contribution in [3.63, 3.8) is 0 Å². The minimum absolute atomic E-state index is 0.00472. The maximum atomic E-state index is 13.7. The lowest BCUT2D eigenvalue weighted by molar-refractivity contribution is -0.121. The molecule has 2 bridgehead atoms. The number of piperidine rings is 1. The van der Waals surface area contributed by atoms with E-state index in [0.29, 0.717) is 62.9 Å². The van der Waals surface area contributed by atoms with E-state index in [1.807, 2.05) is 6.07 Å². The second kappa shape index (κ2) is 17.2. The minimum atomic E-state index is -3.77. The van der Waals surface area contributed by atoms with E-state index < -0.39 is 39.7 Å². The van der Waals surface area contributed by atoms with Crippen LogP contribution in [0.4, 0.5) is 0 Å². The van der Waals surface area contributed by atoms with E-state index in [2.05, 4.69) is 5.32 Å². The highest BCUT2D eigenvalue weighted by atomic mass is 32.2. The van der Waals surface area contributed by atoms with E-state index in [9.17, 15) is 37.8 Å². The monoisotopic (exact) mass is 775 g/mol. The number of hydrogen-bond donors (Lipinski definition) is 3. The minimum Gasteiger partial charge on any atom is -0.507 e. The lowest BCUT2D eigenvalue weighted by Gasteiger charge is -2.42. The van der Waals surface area contributed by atoms with Crippen LogP contribution >= 0.6 is 0 Å². The normalized spacial score (nSPS) is 21.4. The van der Waals surface area contributed by atoms with Crippen molar-refractivity contribution in [1.82, 2.24) is 14.2 Å². The van der Waals surface area contributed by atoms with Crippen LogP contribution in [0, 0.1) is 5.92 Å². The summed E-state index contributed by atoms with van der Waals surface area (Å²) in [4.78, 5) is 51.9. The first-order valence-electron chi connectivity index (χ1n) is 18.9. The molecule has 1 unspecified atom stereocenters. The molecule has 0 radical (unpaired) electrons. The summed E-state index contributed by atoms with van der Waals surface area (Å²) in [7, 11) is -2.26. The summed E-state index contributed by atoms with van der Waals surface area (Å²) in [6, 6.07) is 13.2. The first kappa shape index (κ1) is 39.7. The molecule has 0 spiro atoms. The number of hydrogen-bond acceptors (Lipinski definition) is 10. The lowest BCUT2D eigenvalue weighted by Crippen LogP contribution is -2.50. The molecule has 3 aliphatic rings. The zero-order valence-electron chi connectivity index (χ0n) is 31.2. The van der Waals surface area contributed by atoms with Crippen LogP contribution in [0.1, 0.15) is 103 Å². The van der Waals surface area contributed by atoms with Crippen molar-refractivity contribution >= 4 is 33.8 Å².